The van der Waals surface area contributed by atoms with Gasteiger partial charge in [0.25, 0.3) is 0 Å². The maximum Gasteiger partial charge on any atom is 0.334 e. The van der Waals surface area contributed by atoms with Crippen molar-refractivity contribution in [2.75, 3.05) is 26.3 Å². The van der Waals surface area contributed by atoms with Crippen molar-refractivity contribution >= 4 is 5.97 Å². The normalized spacial score (nSPS) is 23.2. The Morgan fingerprint density at radius 1 is 1.62 bits per heavy atom. The van der Waals surface area contributed by atoms with Gasteiger partial charge in [-0.25, -0.2) is 4.79 Å². The summed E-state index contributed by atoms with van der Waals surface area (Å²) in [5.41, 5.74) is 0.797. The smallest absolute Gasteiger partial charge is 0.334 e. The lowest BCUT2D eigenvalue weighted by Gasteiger charge is -2.26. The molecule has 1 N–H and O–H groups in total. The molecule has 4 nitrogen and oxygen atoms in total. The molecule has 72 valence electrons. The number of hydrogen-bond donors (Lipinski definition) is 1. The van der Waals surface area contributed by atoms with Crippen LogP contribution in [0, 0.1) is 0 Å². The van der Waals surface area contributed by atoms with Crippen molar-refractivity contribution in [3.8, 4) is 0 Å². The molecule has 1 saturated heterocycles. The van der Waals surface area contributed by atoms with Crippen LogP contribution in [0.4, 0.5) is 0 Å². The summed E-state index contributed by atoms with van der Waals surface area (Å²) in [6.07, 6.45) is 2.65. The van der Waals surface area contributed by atoms with Crippen LogP contribution in [-0.4, -0.2) is 38.4 Å². The fraction of sp³-hybridized carbons (Fsp3) is 0.667. The summed E-state index contributed by atoms with van der Waals surface area (Å²) in [6, 6.07) is 0. The monoisotopic (exact) mass is 183 g/mol. The second-order valence-corrected chi connectivity index (χ2v) is 3.25. The molecule has 0 radical (unpaired) electrons. The van der Waals surface area contributed by atoms with Crippen LogP contribution in [0.2, 0.25) is 0 Å². The molecular formula is C9H13NO3. The van der Waals surface area contributed by atoms with E-state index in [1.165, 1.54) is 0 Å². The van der Waals surface area contributed by atoms with Gasteiger partial charge in [-0.3, -0.25) is 0 Å². The van der Waals surface area contributed by atoms with Gasteiger partial charge in [0.15, 0.2) is 0 Å². The maximum atomic E-state index is 11.4. The average Bonchev–Trinajstić information content (AvgIpc) is 2.12. The third kappa shape index (κ3) is 2.08. The highest BCUT2D eigenvalue weighted by molar-refractivity contribution is 5.88. The van der Waals surface area contributed by atoms with Crippen LogP contribution in [0.3, 0.4) is 0 Å². The lowest BCUT2D eigenvalue weighted by atomic mass is 10.1. The Labute approximate surface area is 76.9 Å². The van der Waals surface area contributed by atoms with Gasteiger partial charge in [0.05, 0.1) is 13.2 Å². The molecule has 4 heteroatoms. The molecular weight excluding hydrogens is 170 g/mol. The van der Waals surface area contributed by atoms with Crippen LogP contribution in [0.5, 0.6) is 0 Å². The number of ether oxygens (including phenoxy) is 2. The number of esters is 1. The molecule has 0 aromatic rings. The first kappa shape index (κ1) is 8.72. The van der Waals surface area contributed by atoms with E-state index in [-0.39, 0.29) is 12.1 Å². The van der Waals surface area contributed by atoms with Crippen LogP contribution in [0.15, 0.2) is 11.6 Å². The average molecular weight is 183 g/mol. The zero-order chi connectivity index (χ0) is 9.10. The van der Waals surface area contributed by atoms with Crippen LogP contribution >= 0.6 is 0 Å². The molecule has 0 unspecified atom stereocenters. The third-order valence-corrected chi connectivity index (χ3v) is 2.21. The van der Waals surface area contributed by atoms with Crippen molar-refractivity contribution in [3.63, 3.8) is 0 Å². The lowest BCUT2D eigenvalue weighted by Crippen LogP contribution is -2.38. The summed E-state index contributed by atoms with van der Waals surface area (Å²) >= 11 is 0. The summed E-state index contributed by atoms with van der Waals surface area (Å²) in [5.74, 6) is -0.171. The summed E-state index contributed by atoms with van der Waals surface area (Å²) in [5, 5.41) is 3.14. The van der Waals surface area contributed by atoms with Gasteiger partial charge in [0, 0.05) is 12.1 Å². The topological polar surface area (TPSA) is 47.6 Å². The second-order valence-electron chi connectivity index (χ2n) is 3.25. The van der Waals surface area contributed by atoms with Crippen molar-refractivity contribution < 1.29 is 14.3 Å². The summed E-state index contributed by atoms with van der Waals surface area (Å²) < 4.78 is 10.1. The number of hydrogen-bond acceptors (Lipinski definition) is 4. The first-order valence-electron chi connectivity index (χ1n) is 4.55. The molecule has 0 amide bonds. The predicted molar refractivity (Wildman–Crippen MR) is 46.3 cm³/mol. The number of rotatable bonds is 2. The third-order valence-electron chi connectivity index (χ3n) is 2.21. The van der Waals surface area contributed by atoms with Crippen LogP contribution in [0.1, 0.15) is 6.42 Å². The molecule has 1 fully saturated rings. The van der Waals surface area contributed by atoms with Gasteiger partial charge in [-0.2, -0.15) is 0 Å². The van der Waals surface area contributed by atoms with Crippen molar-refractivity contribution in [2.45, 2.75) is 12.5 Å². The summed E-state index contributed by atoms with van der Waals surface area (Å²) in [7, 11) is 0. The molecule has 2 aliphatic rings. The highest BCUT2D eigenvalue weighted by atomic mass is 16.6. The zero-order valence-corrected chi connectivity index (χ0v) is 7.41. The maximum absolute atomic E-state index is 11.4. The molecule has 0 saturated carbocycles. The van der Waals surface area contributed by atoms with Crippen molar-refractivity contribution in [3.05, 3.63) is 11.6 Å². The van der Waals surface area contributed by atoms with E-state index in [0.29, 0.717) is 13.2 Å². The first-order chi connectivity index (χ1) is 6.36. The van der Waals surface area contributed by atoms with Gasteiger partial charge in [-0.05, 0) is 13.0 Å². The van der Waals surface area contributed by atoms with E-state index in [1.54, 1.807) is 0 Å². The van der Waals surface area contributed by atoms with E-state index in [0.717, 1.165) is 25.1 Å². The molecule has 2 aliphatic heterocycles. The molecule has 2 heterocycles. The molecule has 0 spiro atoms. The first-order valence-corrected chi connectivity index (χ1v) is 4.55. The molecule has 0 bridgehead atoms. The van der Waals surface area contributed by atoms with Gasteiger partial charge in [0.1, 0.15) is 6.10 Å². The minimum Gasteiger partial charge on any atom is -0.454 e. The Bertz CT molecular complexity index is 233. The standard InChI is InChI=1S/C9H13NO3/c11-9(13-8-5-12-6-8)7-1-3-10-4-2-7/h1,8,10H,2-6H2. The zero-order valence-electron chi connectivity index (χ0n) is 7.41. The van der Waals surface area contributed by atoms with Gasteiger partial charge >= 0.3 is 5.97 Å². The number of carbonyl (C=O) groups is 1. The highest BCUT2D eigenvalue weighted by Gasteiger charge is 2.24. The molecule has 13 heavy (non-hydrogen) atoms. The van der Waals surface area contributed by atoms with Crippen LogP contribution < -0.4 is 5.32 Å². The van der Waals surface area contributed by atoms with E-state index < -0.39 is 0 Å². The summed E-state index contributed by atoms with van der Waals surface area (Å²) in [6.45, 7) is 2.74. The Morgan fingerprint density at radius 2 is 2.46 bits per heavy atom. The van der Waals surface area contributed by atoms with Crippen LogP contribution in [0.25, 0.3) is 0 Å². The Hall–Kier alpha value is -0.870. The lowest BCUT2D eigenvalue weighted by molar-refractivity contribution is -0.167. The van der Waals surface area contributed by atoms with Gasteiger partial charge in [0.2, 0.25) is 0 Å². The molecule has 2 rings (SSSR count). The summed E-state index contributed by atoms with van der Waals surface area (Å²) in [4.78, 5) is 11.4. The molecule has 0 aliphatic carbocycles. The van der Waals surface area contributed by atoms with E-state index in [1.807, 2.05) is 6.08 Å². The minimum atomic E-state index is -0.171. The van der Waals surface area contributed by atoms with E-state index in [4.69, 9.17) is 9.47 Å². The second kappa shape index (κ2) is 3.89. The Morgan fingerprint density at radius 3 is 3.00 bits per heavy atom. The fourth-order valence-corrected chi connectivity index (χ4v) is 1.32. The number of nitrogens with one attached hydrogen (secondary N) is 1. The van der Waals surface area contributed by atoms with Gasteiger partial charge < -0.3 is 14.8 Å². The molecule has 0 aromatic carbocycles. The highest BCUT2D eigenvalue weighted by Crippen LogP contribution is 2.12. The minimum absolute atomic E-state index is 0.0108. The molecule has 0 atom stereocenters. The largest absolute Gasteiger partial charge is 0.454 e. The van der Waals surface area contributed by atoms with Crippen molar-refractivity contribution in [1.29, 1.82) is 0 Å². The van der Waals surface area contributed by atoms with Gasteiger partial charge in [-0.15, -0.1) is 0 Å². The Balaban J connectivity index is 1.84. The van der Waals surface area contributed by atoms with E-state index >= 15 is 0 Å². The van der Waals surface area contributed by atoms with Crippen molar-refractivity contribution in [2.24, 2.45) is 0 Å². The van der Waals surface area contributed by atoms with E-state index in [9.17, 15) is 4.79 Å². The number of carbonyl (C=O) groups excluding carboxylic acids is 1. The predicted octanol–water partition coefficient (Wildman–Crippen LogP) is -0.152. The SMILES string of the molecule is O=C(OC1COC1)C1=CCNCC1. The fourth-order valence-electron chi connectivity index (χ4n) is 1.32. The van der Waals surface area contributed by atoms with Gasteiger partial charge in [-0.1, -0.05) is 6.08 Å². The molecule has 0 aromatic heterocycles. The quantitative estimate of drug-likeness (QED) is 0.605. The Kier molecular flexibility index (Phi) is 2.61. The van der Waals surface area contributed by atoms with Crippen molar-refractivity contribution in [1.82, 2.24) is 5.32 Å². The van der Waals surface area contributed by atoms with E-state index in [2.05, 4.69) is 5.32 Å². The van der Waals surface area contributed by atoms with Crippen LogP contribution in [-0.2, 0) is 14.3 Å².